The van der Waals surface area contributed by atoms with Gasteiger partial charge in [0.2, 0.25) is 0 Å². The van der Waals surface area contributed by atoms with Crippen LogP contribution in [0.2, 0.25) is 0 Å². The summed E-state index contributed by atoms with van der Waals surface area (Å²) in [5, 5.41) is 14.3. The summed E-state index contributed by atoms with van der Waals surface area (Å²) in [7, 11) is 1.60. The number of methoxy groups -OCH3 is 1. The van der Waals surface area contributed by atoms with Crippen LogP contribution in [0.5, 0.6) is 5.75 Å². The normalized spacial score (nSPS) is 26.2. The second-order valence-corrected chi connectivity index (χ2v) is 8.31. The first-order chi connectivity index (χ1) is 13.4. The molecule has 0 bridgehead atoms. The molecule has 0 spiro atoms. The molecule has 2 amide bonds. The van der Waals surface area contributed by atoms with E-state index in [1.165, 1.54) is 0 Å². The van der Waals surface area contributed by atoms with E-state index in [9.17, 15) is 9.90 Å². The summed E-state index contributed by atoms with van der Waals surface area (Å²) < 4.78 is 5.36. The first-order valence-electron chi connectivity index (χ1n) is 9.88. The number of rotatable bonds is 3. The van der Waals surface area contributed by atoms with Gasteiger partial charge in [-0.05, 0) is 67.3 Å². The Morgan fingerprint density at radius 2 is 1.82 bits per heavy atom. The van der Waals surface area contributed by atoms with E-state index in [0.717, 1.165) is 16.7 Å². The Morgan fingerprint density at radius 1 is 1.14 bits per heavy atom. The molecule has 2 aromatic rings. The van der Waals surface area contributed by atoms with E-state index >= 15 is 0 Å². The minimum atomic E-state index is -0.775. The van der Waals surface area contributed by atoms with Gasteiger partial charge in [-0.3, -0.25) is 0 Å². The van der Waals surface area contributed by atoms with Crippen LogP contribution in [0.4, 0.5) is 10.5 Å². The van der Waals surface area contributed by atoms with Crippen molar-refractivity contribution in [3.63, 3.8) is 0 Å². The van der Waals surface area contributed by atoms with Gasteiger partial charge < -0.3 is 20.1 Å². The predicted molar refractivity (Wildman–Crippen MR) is 110 cm³/mol. The van der Waals surface area contributed by atoms with Crippen molar-refractivity contribution >= 4 is 11.7 Å². The van der Waals surface area contributed by atoms with Crippen LogP contribution in [-0.4, -0.2) is 36.2 Å². The summed E-state index contributed by atoms with van der Waals surface area (Å²) in [6, 6.07) is 13.7. The lowest BCUT2D eigenvalue weighted by atomic mass is 9.87. The molecule has 2 unspecified atom stereocenters. The number of fused-ring (bicyclic) bond motifs is 1. The number of aliphatic hydroxyl groups is 1. The zero-order valence-electron chi connectivity index (χ0n) is 16.7. The summed E-state index contributed by atoms with van der Waals surface area (Å²) in [6.45, 7) is 5.40. The van der Waals surface area contributed by atoms with Gasteiger partial charge in [0.15, 0.2) is 0 Å². The van der Waals surface area contributed by atoms with Crippen molar-refractivity contribution < 1.29 is 14.6 Å². The molecule has 28 heavy (non-hydrogen) atoms. The van der Waals surface area contributed by atoms with E-state index in [1.807, 2.05) is 48.2 Å². The SMILES string of the molecule is COc1ccc(C)cc1NC(=O)N1CC2CC(O)(c3ccccc3C)CC2C1. The van der Waals surface area contributed by atoms with Crippen molar-refractivity contribution in [3.8, 4) is 5.75 Å². The molecule has 1 aliphatic carbocycles. The molecule has 1 aliphatic heterocycles. The smallest absolute Gasteiger partial charge is 0.321 e. The van der Waals surface area contributed by atoms with Crippen molar-refractivity contribution in [1.82, 2.24) is 4.90 Å². The second kappa shape index (κ2) is 7.13. The minimum absolute atomic E-state index is 0.0993. The van der Waals surface area contributed by atoms with Crippen molar-refractivity contribution in [2.24, 2.45) is 11.8 Å². The first kappa shape index (κ1) is 18.8. The summed E-state index contributed by atoms with van der Waals surface area (Å²) in [6.07, 6.45) is 1.42. The maximum atomic E-state index is 12.8. The van der Waals surface area contributed by atoms with Gasteiger partial charge in [-0.25, -0.2) is 4.79 Å². The largest absolute Gasteiger partial charge is 0.495 e. The van der Waals surface area contributed by atoms with Crippen LogP contribution >= 0.6 is 0 Å². The van der Waals surface area contributed by atoms with Gasteiger partial charge in [0.25, 0.3) is 0 Å². The van der Waals surface area contributed by atoms with Gasteiger partial charge in [0.1, 0.15) is 5.75 Å². The van der Waals surface area contributed by atoms with Crippen molar-refractivity contribution in [2.45, 2.75) is 32.3 Å². The maximum Gasteiger partial charge on any atom is 0.321 e. The van der Waals surface area contributed by atoms with Gasteiger partial charge in [-0.15, -0.1) is 0 Å². The number of carbonyl (C=O) groups excluding carboxylic acids is 1. The third kappa shape index (κ3) is 3.35. The molecule has 2 aliphatic rings. The lowest BCUT2D eigenvalue weighted by Gasteiger charge is -2.28. The van der Waals surface area contributed by atoms with E-state index < -0.39 is 5.60 Å². The summed E-state index contributed by atoms with van der Waals surface area (Å²) in [4.78, 5) is 14.7. The zero-order valence-corrected chi connectivity index (χ0v) is 16.7. The number of amides is 2. The molecule has 2 N–H and O–H groups in total. The molecule has 5 nitrogen and oxygen atoms in total. The summed E-state index contributed by atoms with van der Waals surface area (Å²) >= 11 is 0. The highest BCUT2D eigenvalue weighted by Gasteiger charge is 2.50. The van der Waals surface area contributed by atoms with E-state index in [4.69, 9.17) is 4.74 Å². The topological polar surface area (TPSA) is 61.8 Å². The van der Waals surface area contributed by atoms with Crippen LogP contribution in [0.1, 0.15) is 29.5 Å². The molecular weight excluding hydrogens is 352 g/mol. The lowest BCUT2D eigenvalue weighted by Crippen LogP contribution is -2.35. The number of nitrogens with zero attached hydrogens (tertiary/aromatic N) is 1. The number of urea groups is 1. The Labute approximate surface area is 166 Å². The summed E-state index contributed by atoms with van der Waals surface area (Å²) in [5.41, 5.74) is 3.15. The summed E-state index contributed by atoms with van der Waals surface area (Å²) in [5.74, 6) is 1.32. The third-order valence-electron chi connectivity index (χ3n) is 6.31. The Hall–Kier alpha value is -2.53. The van der Waals surface area contributed by atoms with Gasteiger partial charge >= 0.3 is 6.03 Å². The number of nitrogens with one attached hydrogen (secondary N) is 1. The quantitative estimate of drug-likeness (QED) is 0.844. The molecule has 2 fully saturated rings. The fourth-order valence-electron chi connectivity index (χ4n) is 4.95. The fraction of sp³-hybridized carbons (Fsp3) is 0.435. The molecule has 2 atom stereocenters. The van der Waals surface area contributed by atoms with E-state index in [2.05, 4.69) is 18.3 Å². The highest BCUT2D eigenvalue weighted by molar-refractivity contribution is 5.91. The molecule has 5 heteroatoms. The molecule has 1 saturated carbocycles. The van der Waals surface area contributed by atoms with Crippen LogP contribution in [0.15, 0.2) is 42.5 Å². The molecule has 0 radical (unpaired) electrons. The fourth-order valence-corrected chi connectivity index (χ4v) is 4.95. The molecule has 1 heterocycles. The Kier molecular flexibility index (Phi) is 4.79. The van der Waals surface area contributed by atoms with Crippen molar-refractivity contribution in [1.29, 1.82) is 0 Å². The van der Waals surface area contributed by atoms with E-state index in [-0.39, 0.29) is 6.03 Å². The average Bonchev–Trinajstić information content (AvgIpc) is 3.18. The van der Waals surface area contributed by atoms with Gasteiger partial charge in [0, 0.05) is 13.1 Å². The maximum absolute atomic E-state index is 12.8. The molecule has 0 aromatic heterocycles. The highest BCUT2D eigenvalue weighted by atomic mass is 16.5. The third-order valence-corrected chi connectivity index (χ3v) is 6.31. The highest BCUT2D eigenvalue weighted by Crippen LogP contribution is 2.49. The number of ether oxygens (including phenoxy) is 1. The van der Waals surface area contributed by atoms with E-state index in [0.29, 0.717) is 49.2 Å². The number of benzene rings is 2. The van der Waals surface area contributed by atoms with Crippen LogP contribution in [0.25, 0.3) is 0 Å². The number of likely N-dealkylation sites (tertiary alicyclic amines) is 1. The van der Waals surface area contributed by atoms with Crippen LogP contribution in [-0.2, 0) is 5.60 Å². The molecule has 4 rings (SSSR count). The Morgan fingerprint density at radius 3 is 2.46 bits per heavy atom. The van der Waals surface area contributed by atoms with Crippen molar-refractivity contribution in [3.05, 3.63) is 59.2 Å². The minimum Gasteiger partial charge on any atom is -0.495 e. The van der Waals surface area contributed by atoms with Crippen LogP contribution in [0.3, 0.4) is 0 Å². The first-order valence-corrected chi connectivity index (χ1v) is 9.88. The lowest BCUT2D eigenvalue weighted by molar-refractivity contribution is 0.0322. The van der Waals surface area contributed by atoms with Crippen LogP contribution in [0, 0.1) is 25.7 Å². The standard InChI is InChI=1S/C23H28N2O3/c1-15-8-9-21(28-3)20(10-15)24-22(26)25-13-17-11-23(27,12-18(17)14-25)19-7-5-4-6-16(19)2/h4-10,17-18,27H,11-14H2,1-3H3,(H,24,26). The number of anilines is 1. The van der Waals surface area contributed by atoms with Gasteiger partial charge in [-0.1, -0.05) is 30.3 Å². The second-order valence-electron chi connectivity index (χ2n) is 8.31. The van der Waals surface area contributed by atoms with E-state index in [1.54, 1.807) is 7.11 Å². The number of hydrogen-bond donors (Lipinski definition) is 2. The predicted octanol–water partition coefficient (Wildman–Crippen LogP) is 4.07. The Bertz CT molecular complexity index is 881. The van der Waals surface area contributed by atoms with Gasteiger partial charge in [-0.2, -0.15) is 0 Å². The number of hydrogen-bond acceptors (Lipinski definition) is 3. The van der Waals surface area contributed by atoms with Gasteiger partial charge in [0.05, 0.1) is 18.4 Å². The zero-order chi connectivity index (χ0) is 19.9. The van der Waals surface area contributed by atoms with Crippen LogP contribution < -0.4 is 10.1 Å². The van der Waals surface area contributed by atoms with Crippen molar-refractivity contribution in [2.75, 3.05) is 25.5 Å². The number of carbonyl (C=O) groups is 1. The molecule has 1 saturated heterocycles. The molecular formula is C23H28N2O3. The molecule has 148 valence electrons. The number of aryl methyl sites for hydroxylation is 2. The average molecular weight is 380 g/mol. The molecule has 2 aromatic carbocycles. The Balaban J connectivity index is 1.43. The monoisotopic (exact) mass is 380 g/mol.